The summed E-state index contributed by atoms with van der Waals surface area (Å²) in [6, 6.07) is 7.16. The number of carbonyl (C=O) groups is 1. The van der Waals surface area contributed by atoms with Gasteiger partial charge in [0.05, 0.1) is 6.10 Å². The lowest BCUT2D eigenvalue weighted by atomic mass is 10.1. The van der Waals surface area contributed by atoms with Crippen molar-refractivity contribution < 1.29 is 9.90 Å². The summed E-state index contributed by atoms with van der Waals surface area (Å²) in [5.41, 5.74) is 1.93. The molecule has 0 saturated carbocycles. The normalized spacial score (nSPS) is 13.5. The smallest absolute Gasteiger partial charge is 0.315 e. The predicted molar refractivity (Wildman–Crippen MR) is 72.3 cm³/mol. The Bertz CT molecular complexity index is 401. The van der Waals surface area contributed by atoms with Gasteiger partial charge in [-0.3, -0.25) is 0 Å². The van der Waals surface area contributed by atoms with Gasteiger partial charge in [0.1, 0.15) is 0 Å². The van der Waals surface area contributed by atoms with Crippen molar-refractivity contribution in [3.63, 3.8) is 0 Å². The van der Waals surface area contributed by atoms with Gasteiger partial charge in [-0.05, 0) is 19.4 Å². The van der Waals surface area contributed by atoms with E-state index in [-0.39, 0.29) is 18.6 Å². The number of carbonyl (C=O) groups excluding carboxylic acids is 1. The topological polar surface area (TPSA) is 61.4 Å². The maximum Gasteiger partial charge on any atom is 0.315 e. The first-order valence-electron chi connectivity index (χ1n) is 5.94. The van der Waals surface area contributed by atoms with Gasteiger partial charge in [0, 0.05) is 12.6 Å². The third-order valence-corrected chi connectivity index (χ3v) is 2.63. The van der Waals surface area contributed by atoms with Crippen LogP contribution in [0.5, 0.6) is 0 Å². The van der Waals surface area contributed by atoms with Crippen LogP contribution in [0.3, 0.4) is 0 Å². The minimum Gasteiger partial charge on any atom is -0.387 e. The molecule has 1 rings (SSSR count). The Balaban J connectivity index is 2.41. The molecule has 0 aromatic heterocycles. The van der Waals surface area contributed by atoms with Gasteiger partial charge in [0.15, 0.2) is 0 Å². The Labute approximate surface area is 108 Å². The molecule has 0 aliphatic heterocycles. The molecule has 1 aromatic carbocycles. The van der Waals surface area contributed by atoms with Gasteiger partial charge < -0.3 is 15.7 Å². The average molecular weight is 248 g/mol. The van der Waals surface area contributed by atoms with Crippen molar-refractivity contribution >= 4 is 6.03 Å². The molecule has 2 atom stereocenters. The first kappa shape index (κ1) is 14.3. The highest BCUT2D eigenvalue weighted by Gasteiger charge is 2.09. The summed E-state index contributed by atoms with van der Waals surface area (Å²) in [5.74, 6) is 0. The Morgan fingerprint density at radius 1 is 1.44 bits per heavy atom. The lowest BCUT2D eigenvalue weighted by molar-refractivity contribution is 0.173. The van der Waals surface area contributed by atoms with E-state index in [4.69, 9.17) is 0 Å². The van der Waals surface area contributed by atoms with Crippen LogP contribution in [0, 0.1) is 6.92 Å². The SMILES string of the molecule is C=CC(C)NC(=O)NCC(O)c1ccc(C)cc1. The van der Waals surface area contributed by atoms with Gasteiger partial charge in [-0.1, -0.05) is 35.9 Å². The number of hydrogen-bond donors (Lipinski definition) is 3. The zero-order chi connectivity index (χ0) is 13.5. The molecule has 4 nitrogen and oxygen atoms in total. The van der Waals surface area contributed by atoms with Gasteiger partial charge in [-0.25, -0.2) is 4.79 Å². The third-order valence-electron chi connectivity index (χ3n) is 2.63. The van der Waals surface area contributed by atoms with Crippen LogP contribution in [0.2, 0.25) is 0 Å². The summed E-state index contributed by atoms with van der Waals surface area (Å²) in [5, 5.41) is 15.2. The molecule has 98 valence electrons. The highest BCUT2D eigenvalue weighted by atomic mass is 16.3. The second kappa shape index (κ2) is 6.81. The Morgan fingerprint density at radius 2 is 2.06 bits per heavy atom. The highest BCUT2D eigenvalue weighted by Crippen LogP contribution is 2.12. The van der Waals surface area contributed by atoms with Crippen molar-refractivity contribution in [2.45, 2.75) is 26.0 Å². The Hall–Kier alpha value is -1.81. The first-order chi connectivity index (χ1) is 8.52. The summed E-state index contributed by atoms with van der Waals surface area (Å²) < 4.78 is 0. The summed E-state index contributed by atoms with van der Waals surface area (Å²) in [6.07, 6.45) is 0.936. The number of aliphatic hydroxyl groups excluding tert-OH is 1. The van der Waals surface area contributed by atoms with E-state index in [2.05, 4.69) is 17.2 Å². The van der Waals surface area contributed by atoms with E-state index in [1.165, 1.54) is 0 Å². The van der Waals surface area contributed by atoms with E-state index in [1.54, 1.807) is 6.08 Å². The van der Waals surface area contributed by atoms with Crippen LogP contribution >= 0.6 is 0 Å². The molecule has 0 bridgehead atoms. The van der Waals surface area contributed by atoms with Crippen LogP contribution in [-0.4, -0.2) is 23.7 Å². The molecule has 18 heavy (non-hydrogen) atoms. The summed E-state index contributed by atoms with van der Waals surface area (Å²) in [4.78, 5) is 11.4. The number of benzene rings is 1. The molecular formula is C14H20N2O2. The lowest BCUT2D eigenvalue weighted by Crippen LogP contribution is -2.41. The zero-order valence-corrected chi connectivity index (χ0v) is 10.8. The van der Waals surface area contributed by atoms with E-state index in [1.807, 2.05) is 38.1 Å². The van der Waals surface area contributed by atoms with E-state index in [0.29, 0.717) is 0 Å². The second-order valence-corrected chi connectivity index (χ2v) is 4.31. The van der Waals surface area contributed by atoms with E-state index in [0.717, 1.165) is 11.1 Å². The number of nitrogens with one attached hydrogen (secondary N) is 2. The molecule has 0 saturated heterocycles. The van der Waals surface area contributed by atoms with E-state index >= 15 is 0 Å². The minimum absolute atomic E-state index is 0.0958. The van der Waals surface area contributed by atoms with Crippen LogP contribution in [0.25, 0.3) is 0 Å². The van der Waals surface area contributed by atoms with Crippen molar-refractivity contribution in [3.05, 3.63) is 48.0 Å². The highest BCUT2D eigenvalue weighted by molar-refractivity contribution is 5.74. The minimum atomic E-state index is -0.699. The Morgan fingerprint density at radius 3 is 2.61 bits per heavy atom. The van der Waals surface area contributed by atoms with Crippen molar-refractivity contribution in [1.82, 2.24) is 10.6 Å². The summed E-state index contributed by atoms with van der Waals surface area (Å²) in [7, 11) is 0. The van der Waals surface area contributed by atoms with Crippen LogP contribution in [0.1, 0.15) is 24.2 Å². The molecular weight excluding hydrogens is 228 g/mol. The molecule has 1 aromatic rings. The third kappa shape index (κ3) is 4.59. The van der Waals surface area contributed by atoms with Gasteiger partial charge in [-0.15, -0.1) is 6.58 Å². The van der Waals surface area contributed by atoms with Gasteiger partial charge in [-0.2, -0.15) is 0 Å². The van der Waals surface area contributed by atoms with Gasteiger partial charge >= 0.3 is 6.03 Å². The fraction of sp³-hybridized carbons (Fsp3) is 0.357. The van der Waals surface area contributed by atoms with E-state index in [9.17, 15) is 9.90 Å². The van der Waals surface area contributed by atoms with Gasteiger partial charge in [0.25, 0.3) is 0 Å². The van der Waals surface area contributed by atoms with Crippen molar-refractivity contribution in [2.24, 2.45) is 0 Å². The molecule has 3 N–H and O–H groups in total. The fourth-order valence-corrected chi connectivity index (χ4v) is 1.41. The van der Waals surface area contributed by atoms with Crippen molar-refractivity contribution in [3.8, 4) is 0 Å². The lowest BCUT2D eigenvalue weighted by Gasteiger charge is -2.14. The zero-order valence-electron chi connectivity index (χ0n) is 10.8. The summed E-state index contributed by atoms with van der Waals surface area (Å²) >= 11 is 0. The molecule has 2 amide bonds. The number of aliphatic hydroxyl groups is 1. The Kier molecular flexibility index (Phi) is 5.39. The molecule has 0 heterocycles. The number of rotatable bonds is 5. The standard InChI is InChI=1S/C14H20N2O2/c1-4-11(3)16-14(18)15-9-13(17)12-7-5-10(2)6-8-12/h4-8,11,13,17H,1,9H2,2-3H3,(H2,15,16,18). The number of hydrogen-bond acceptors (Lipinski definition) is 2. The molecule has 0 radical (unpaired) electrons. The van der Waals surface area contributed by atoms with Crippen LogP contribution in [0.4, 0.5) is 4.79 Å². The molecule has 0 fully saturated rings. The first-order valence-corrected chi connectivity index (χ1v) is 5.94. The number of amides is 2. The number of urea groups is 1. The maximum atomic E-state index is 11.4. The predicted octanol–water partition coefficient (Wildman–Crippen LogP) is 1.90. The molecule has 2 unspecified atom stereocenters. The van der Waals surface area contributed by atoms with E-state index < -0.39 is 6.10 Å². The van der Waals surface area contributed by atoms with Crippen LogP contribution in [-0.2, 0) is 0 Å². The largest absolute Gasteiger partial charge is 0.387 e. The summed E-state index contributed by atoms with van der Waals surface area (Å²) in [6.45, 7) is 7.56. The molecule has 0 spiro atoms. The van der Waals surface area contributed by atoms with Crippen LogP contribution < -0.4 is 10.6 Å². The van der Waals surface area contributed by atoms with Gasteiger partial charge in [0.2, 0.25) is 0 Å². The molecule has 0 aliphatic carbocycles. The quantitative estimate of drug-likeness (QED) is 0.697. The van der Waals surface area contributed by atoms with Crippen LogP contribution in [0.15, 0.2) is 36.9 Å². The fourth-order valence-electron chi connectivity index (χ4n) is 1.41. The average Bonchev–Trinajstić information content (AvgIpc) is 2.36. The molecule has 4 heteroatoms. The monoisotopic (exact) mass is 248 g/mol. The second-order valence-electron chi connectivity index (χ2n) is 4.31. The number of aryl methyl sites for hydroxylation is 1. The maximum absolute atomic E-state index is 11.4. The van der Waals surface area contributed by atoms with Crippen molar-refractivity contribution in [2.75, 3.05) is 6.54 Å². The molecule has 0 aliphatic rings. The van der Waals surface area contributed by atoms with Crippen molar-refractivity contribution in [1.29, 1.82) is 0 Å².